The van der Waals surface area contributed by atoms with Gasteiger partial charge in [0.2, 0.25) is 5.91 Å². The Morgan fingerprint density at radius 3 is 1.87 bits per heavy atom. The van der Waals surface area contributed by atoms with Crippen LogP contribution in [0.3, 0.4) is 0 Å². The van der Waals surface area contributed by atoms with Crippen LogP contribution in [0.4, 0.5) is 0 Å². The van der Waals surface area contributed by atoms with E-state index in [1.54, 1.807) is 0 Å². The summed E-state index contributed by atoms with van der Waals surface area (Å²) in [4.78, 5) is 15.9. The minimum Gasteiger partial charge on any atom is -0.342 e. The van der Waals surface area contributed by atoms with Crippen molar-refractivity contribution in [3.05, 3.63) is 0 Å². The fourth-order valence-electron chi connectivity index (χ4n) is 1.37. The van der Waals surface area contributed by atoms with Crippen molar-refractivity contribution in [1.82, 2.24) is 9.80 Å². The van der Waals surface area contributed by atoms with Crippen LogP contribution >= 0.6 is 0 Å². The first-order valence-corrected chi connectivity index (χ1v) is 5.74. The second-order valence-electron chi connectivity index (χ2n) is 4.99. The van der Waals surface area contributed by atoms with E-state index >= 15 is 0 Å². The number of nitrogens with zero attached hydrogens (tertiary/aromatic N) is 2. The van der Waals surface area contributed by atoms with E-state index in [9.17, 15) is 4.79 Å². The van der Waals surface area contributed by atoms with Crippen LogP contribution in [0.5, 0.6) is 0 Å². The van der Waals surface area contributed by atoms with Gasteiger partial charge in [0.15, 0.2) is 0 Å². The fourth-order valence-corrected chi connectivity index (χ4v) is 1.37. The van der Waals surface area contributed by atoms with Crippen LogP contribution in [0.2, 0.25) is 0 Å². The van der Waals surface area contributed by atoms with Gasteiger partial charge in [-0.2, -0.15) is 0 Å². The van der Waals surface area contributed by atoms with Crippen LogP contribution in [0.25, 0.3) is 0 Å². The van der Waals surface area contributed by atoms with Gasteiger partial charge >= 0.3 is 0 Å². The van der Waals surface area contributed by atoms with Gasteiger partial charge in [-0.1, -0.05) is 13.8 Å². The van der Waals surface area contributed by atoms with Gasteiger partial charge in [0.1, 0.15) is 0 Å². The number of amides is 1. The highest BCUT2D eigenvalue weighted by atomic mass is 16.2. The molecular formula is C12H26N2O. The standard InChI is InChI=1S/C12H26N2O/c1-9(2)12(15)14(7)11(5)8-13(6)10(3)4/h9-11H,8H2,1-7H3. The molecule has 0 aliphatic heterocycles. The van der Waals surface area contributed by atoms with Crippen LogP contribution in [0.15, 0.2) is 0 Å². The molecule has 1 atom stereocenters. The van der Waals surface area contributed by atoms with Crippen LogP contribution in [-0.2, 0) is 4.79 Å². The second kappa shape index (κ2) is 6.11. The Labute approximate surface area is 94.4 Å². The molecule has 0 aliphatic rings. The van der Waals surface area contributed by atoms with Gasteiger partial charge in [-0.15, -0.1) is 0 Å². The molecule has 0 aliphatic carbocycles. The Balaban J connectivity index is 4.21. The van der Waals surface area contributed by atoms with Crippen molar-refractivity contribution in [3.8, 4) is 0 Å². The second-order valence-corrected chi connectivity index (χ2v) is 4.99. The third-order valence-corrected chi connectivity index (χ3v) is 2.94. The summed E-state index contributed by atoms with van der Waals surface area (Å²) in [6.45, 7) is 11.2. The zero-order chi connectivity index (χ0) is 12.2. The van der Waals surface area contributed by atoms with Crippen LogP contribution < -0.4 is 0 Å². The maximum atomic E-state index is 11.7. The monoisotopic (exact) mass is 214 g/mol. The van der Waals surface area contributed by atoms with E-state index in [1.807, 2.05) is 25.8 Å². The minimum absolute atomic E-state index is 0.0850. The number of likely N-dealkylation sites (N-methyl/N-ethyl adjacent to an activating group) is 2. The molecule has 0 heterocycles. The average Bonchev–Trinajstić information content (AvgIpc) is 2.14. The zero-order valence-electron chi connectivity index (χ0n) is 11.2. The maximum absolute atomic E-state index is 11.7. The molecule has 0 N–H and O–H groups in total. The van der Waals surface area contributed by atoms with E-state index in [4.69, 9.17) is 0 Å². The molecule has 3 heteroatoms. The molecule has 90 valence electrons. The van der Waals surface area contributed by atoms with E-state index in [2.05, 4.69) is 32.7 Å². The summed E-state index contributed by atoms with van der Waals surface area (Å²) in [7, 11) is 3.98. The molecule has 0 bridgehead atoms. The quantitative estimate of drug-likeness (QED) is 0.697. The fraction of sp³-hybridized carbons (Fsp3) is 0.917. The third-order valence-electron chi connectivity index (χ3n) is 2.94. The van der Waals surface area contributed by atoms with Gasteiger partial charge in [0.25, 0.3) is 0 Å². The minimum atomic E-state index is 0.0850. The number of hydrogen-bond donors (Lipinski definition) is 0. The molecular weight excluding hydrogens is 188 g/mol. The summed E-state index contributed by atoms with van der Waals surface area (Å²) in [6.07, 6.45) is 0. The summed E-state index contributed by atoms with van der Waals surface area (Å²) < 4.78 is 0. The van der Waals surface area contributed by atoms with Gasteiger partial charge in [-0.3, -0.25) is 4.79 Å². The van der Waals surface area contributed by atoms with E-state index in [0.717, 1.165) is 6.54 Å². The van der Waals surface area contributed by atoms with Gasteiger partial charge < -0.3 is 9.80 Å². The Morgan fingerprint density at radius 1 is 1.07 bits per heavy atom. The van der Waals surface area contributed by atoms with Gasteiger partial charge in [0.05, 0.1) is 0 Å². The highest BCUT2D eigenvalue weighted by molar-refractivity contribution is 5.78. The van der Waals surface area contributed by atoms with E-state index in [1.165, 1.54) is 0 Å². The number of carbonyl (C=O) groups is 1. The zero-order valence-corrected chi connectivity index (χ0v) is 11.2. The average molecular weight is 214 g/mol. The third kappa shape index (κ3) is 4.65. The highest BCUT2D eigenvalue weighted by Gasteiger charge is 2.19. The first-order valence-electron chi connectivity index (χ1n) is 5.74. The number of hydrogen-bond acceptors (Lipinski definition) is 2. The predicted molar refractivity (Wildman–Crippen MR) is 64.8 cm³/mol. The lowest BCUT2D eigenvalue weighted by molar-refractivity contribution is -0.135. The molecule has 0 aromatic rings. The van der Waals surface area contributed by atoms with E-state index in [-0.39, 0.29) is 17.9 Å². The van der Waals surface area contributed by atoms with Gasteiger partial charge in [-0.05, 0) is 27.8 Å². The smallest absolute Gasteiger partial charge is 0.225 e. The molecule has 0 radical (unpaired) electrons. The molecule has 15 heavy (non-hydrogen) atoms. The summed E-state index contributed by atoms with van der Waals surface area (Å²) in [5, 5.41) is 0. The Hall–Kier alpha value is -0.570. The lowest BCUT2D eigenvalue weighted by Gasteiger charge is -2.31. The van der Waals surface area contributed by atoms with Gasteiger partial charge in [0, 0.05) is 31.6 Å². The molecule has 1 amide bonds. The molecule has 0 fully saturated rings. The molecule has 3 nitrogen and oxygen atoms in total. The molecule has 0 saturated heterocycles. The summed E-state index contributed by atoms with van der Waals surface area (Å²) in [5.41, 5.74) is 0. The van der Waals surface area contributed by atoms with Crippen LogP contribution in [-0.4, -0.2) is 48.4 Å². The Bertz CT molecular complexity index is 202. The first kappa shape index (κ1) is 14.4. The Kier molecular flexibility index (Phi) is 5.88. The molecule has 0 aromatic heterocycles. The van der Waals surface area contributed by atoms with E-state index in [0.29, 0.717) is 6.04 Å². The summed E-state index contributed by atoms with van der Waals surface area (Å²) in [6, 6.07) is 0.794. The van der Waals surface area contributed by atoms with E-state index < -0.39 is 0 Å². The summed E-state index contributed by atoms with van der Waals surface area (Å²) in [5.74, 6) is 0.307. The topological polar surface area (TPSA) is 23.6 Å². The van der Waals surface area contributed by atoms with Gasteiger partial charge in [-0.25, -0.2) is 0 Å². The van der Waals surface area contributed by atoms with Crippen molar-refractivity contribution in [2.45, 2.75) is 46.7 Å². The summed E-state index contributed by atoms with van der Waals surface area (Å²) >= 11 is 0. The van der Waals surface area contributed by atoms with Crippen molar-refractivity contribution >= 4 is 5.91 Å². The number of carbonyl (C=O) groups excluding carboxylic acids is 1. The molecule has 0 saturated carbocycles. The highest BCUT2D eigenvalue weighted by Crippen LogP contribution is 2.06. The van der Waals surface area contributed by atoms with Crippen molar-refractivity contribution in [3.63, 3.8) is 0 Å². The van der Waals surface area contributed by atoms with Crippen molar-refractivity contribution in [2.75, 3.05) is 20.6 Å². The lowest BCUT2D eigenvalue weighted by Crippen LogP contribution is -2.45. The number of rotatable bonds is 5. The molecule has 0 rings (SSSR count). The first-order chi connectivity index (χ1) is 6.77. The predicted octanol–water partition coefficient (Wildman–Crippen LogP) is 1.83. The normalized spacial score (nSPS) is 13.7. The maximum Gasteiger partial charge on any atom is 0.225 e. The van der Waals surface area contributed by atoms with Crippen molar-refractivity contribution < 1.29 is 4.79 Å². The largest absolute Gasteiger partial charge is 0.342 e. The SMILES string of the molecule is CC(C)C(=O)N(C)C(C)CN(C)C(C)C. The molecule has 1 unspecified atom stereocenters. The van der Waals surface area contributed by atoms with Crippen LogP contribution in [0, 0.1) is 5.92 Å². The van der Waals surface area contributed by atoms with Crippen molar-refractivity contribution in [2.24, 2.45) is 5.92 Å². The van der Waals surface area contributed by atoms with Crippen molar-refractivity contribution in [1.29, 1.82) is 0 Å². The lowest BCUT2D eigenvalue weighted by atomic mass is 10.1. The van der Waals surface area contributed by atoms with Crippen LogP contribution in [0.1, 0.15) is 34.6 Å². The molecule has 0 spiro atoms. The molecule has 0 aromatic carbocycles. The Morgan fingerprint density at radius 2 is 1.53 bits per heavy atom.